The van der Waals surface area contributed by atoms with Gasteiger partial charge in [0.1, 0.15) is 5.69 Å². The Labute approximate surface area is 115 Å². The summed E-state index contributed by atoms with van der Waals surface area (Å²) < 4.78 is 0. The van der Waals surface area contributed by atoms with Crippen LogP contribution < -0.4 is 5.32 Å². The number of thiazole rings is 1. The summed E-state index contributed by atoms with van der Waals surface area (Å²) in [5.74, 6) is -0.156. The number of hydrogen-bond donors (Lipinski definition) is 1. The summed E-state index contributed by atoms with van der Waals surface area (Å²) in [5, 5.41) is 4.39. The second-order valence-electron chi connectivity index (χ2n) is 3.91. The first-order chi connectivity index (χ1) is 8.58. The van der Waals surface area contributed by atoms with E-state index in [9.17, 15) is 4.79 Å². The standard InChI is InChI=1S/C13H13ClN2OS/c1-8-12(16-9(2)18-8)13(17)15-7-10-5-3-4-6-11(10)14/h3-6H,7H2,1-2H3,(H,15,17). The maximum atomic E-state index is 12.0. The minimum Gasteiger partial charge on any atom is -0.347 e. The van der Waals surface area contributed by atoms with Crippen molar-refractivity contribution in [1.82, 2.24) is 10.3 Å². The van der Waals surface area contributed by atoms with Crippen LogP contribution in [0.15, 0.2) is 24.3 Å². The van der Waals surface area contributed by atoms with Crippen molar-refractivity contribution in [2.45, 2.75) is 20.4 Å². The van der Waals surface area contributed by atoms with E-state index in [0.717, 1.165) is 15.4 Å². The first kappa shape index (κ1) is 13.1. The normalized spacial score (nSPS) is 10.4. The third-order valence-corrected chi connectivity index (χ3v) is 3.77. The second kappa shape index (κ2) is 5.50. The van der Waals surface area contributed by atoms with E-state index >= 15 is 0 Å². The smallest absolute Gasteiger partial charge is 0.271 e. The predicted octanol–water partition coefficient (Wildman–Crippen LogP) is 3.34. The van der Waals surface area contributed by atoms with Gasteiger partial charge in [-0.25, -0.2) is 4.98 Å². The zero-order valence-electron chi connectivity index (χ0n) is 10.2. The molecule has 94 valence electrons. The van der Waals surface area contributed by atoms with Crippen molar-refractivity contribution in [2.75, 3.05) is 0 Å². The van der Waals surface area contributed by atoms with Gasteiger partial charge in [0.15, 0.2) is 0 Å². The maximum absolute atomic E-state index is 12.0. The van der Waals surface area contributed by atoms with Crippen LogP contribution in [-0.2, 0) is 6.54 Å². The molecule has 0 aliphatic carbocycles. The lowest BCUT2D eigenvalue weighted by atomic mass is 10.2. The largest absolute Gasteiger partial charge is 0.347 e. The van der Waals surface area contributed by atoms with Crippen LogP contribution in [0.4, 0.5) is 0 Å². The molecule has 1 aromatic carbocycles. The lowest BCUT2D eigenvalue weighted by Gasteiger charge is -2.05. The van der Waals surface area contributed by atoms with Gasteiger partial charge in [0.2, 0.25) is 0 Å². The Bertz CT molecular complexity index is 580. The minimum atomic E-state index is -0.156. The first-order valence-electron chi connectivity index (χ1n) is 5.53. The number of aryl methyl sites for hydroxylation is 2. The fourth-order valence-electron chi connectivity index (χ4n) is 1.64. The first-order valence-corrected chi connectivity index (χ1v) is 6.73. The van der Waals surface area contributed by atoms with Gasteiger partial charge in [-0.2, -0.15) is 0 Å². The number of halogens is 1. The molecule has 0 saturated heterocycles. The number of benzene rings is 1. The Morgan fingerprint density at radius 2 is 2.11 bits per heavy atom. The number of hydrogen-bond acceptors (Lipinski definition) is 3. The zero-order valence-corrected chi connectivity index (χ0v) is 11.7. The molecule has 0 spiro atoms. The Morgan fingerprint density at radius 1 is 1.39 bits per heavy atom. The molecule has 1 heterocycles. The molecule has 2 aromatic rings. The number of nitrogens with one attached hydrogen (secondary N) is 1. The van der Waals surface area contributed by atoms with Gasteiger partial charge in [-0.05, 0) is 25.5 Å². The highest BCUT2D eigenvalue weighted by Gasteiger charge is 2.13. The number of aromatic nitrogens is 1. The lowest BCUT2D eigenvalue weighted by Crippen LogP contribution is -2.24. The van der Waals surface area contributed by atoms with E-state index in [-0.39, 0.29) is 5.91 Å². The van der Waals surface area contributed by atoms with Gasteiger partial charge in [-0.15, -0.1) is 11.3 Å². The monoisotopic (exact) mass is 280 g/mol. The van der Waals surface area contributed by atoms with Crippen molar-refractivity contribution < 1.29 is 4.79 Å². The fraction of sp³-hybridized carbons (Fsp3) is 0.231. The van der Waals surface area contributed by atoms with Crippen molar-refractivity contribution in [2.24, 2.45) is 0 Å². The fourth-order valence-corrected chi connectivity index (χ4v) is 2.66. The summed E-state index contributed by atoms with van der Waals surface area (Å²) in [4.78, 5) is 17.1. The van der Waals surface area contributed by atoms with Crippen molar-refractivity contribution >= 4 is 28.8 Å². The Hall–Kier alpha value is -1.39. The van der Waals surface area contributed by atoms with E-state index in [1.54, 1.807) is 6.07 Å². The quantitative estimate of drug-likeness (QED) is 0.937. The highest BCUT2D eigenvalue weighted by Crippen LogP contribution is 2.17. The van der Waals surface area contributed by atoms with E-state index in [0.29, 0.717) is 17.3 Å². The molecule has 0 unspecified atom stereocenters. The molecule has 0 aliphatic rings. The van der Waals surface area contributed by atoms with Crippen LogP contribution in [0.25, 0.3) is 0 Å². The number of carbonyl (C=O) groups is 1. The third-order valence-electron chi connectivity index (χ3n) is 2.52. The summed E-state index contributed by atoms with van der Waals surface area (Å²) in [7, 11) is 0. The van der Waals surface area contributed by atoms with Crippen molar-refractivity contribution in [3.8, 4) is 0 Å². The number of rotatable bonds is 3. The van der Waals surface area contributed by atoms with Gasteiger partial charge in [0.25, 0.3) is 5.91 Å². The van der Waals surface area contributed by atoms with Gasteiger partial charge < -0.3 is 5.32 Å². The molecule has 1 amide bonds. The topological polar surface area (TPSA) is 42.0 Å². The maximum Gasteiger partial charge on any atom is 0.271 e. The van der Waals surface area contributed by atoms with E-state index in [2.05, 4.69) is 10.3 Å². The average Bonchev–Trinajstić information content (AvgIpc) is 2.67. The molecule has 1 N–H and O–H groups in total. The Kier molecular flexibility index (Phi) is 3.99. The van der Waals surface area contributed by atoms with Crippen molar-refractivity contribution in [3.05, 3.63) is 50.4 Å². The summed E-state index contributed by atoms with van der Waals surface area (Å²) in [6.45, 7) is 4.20. The molecular formula is C13H13ClN2OS. The molecule has 0 bridgehead atoms. The zero-order chi connectivity index (χ0) is 13.1. The van der Waals surface area contributed by atoms with Gasteiger partial charge in [0.05, 0.1) is 5.01 Å². The van der Waals surface area contributed by atoms with Crippen LogP contribution in [0, 0.1) is 13.8 Å². The van der Waals surface area contributed by atoms with Crippen LogP contribution in [0.2, 0.25) is 5.02 Å². The summed E-state index contributed by atoms with van der Waals surface area (Å²) in [6.07, 6.45) is 0. The minimum absolute atomic E-state index is 0.156. The summed E-state index contributed by atoms with van der Waals surface area (Å²) in [6, 6.07) is 7.45. The molecule has 1 aromatic heterocycles. The average molecular weight is 281 g/mol. The highest BCUT2D eigenvalue weighted by atomic mass is 35.5. The number of nitrogens with zero attached hydrogens (tertiary/aromatic N) is 1. The van der Waals surface area contributed by atoms with Crippen LogP contribution in [0.1, 0.15) is 25.9 Å². The molecule has 0 atom stereocenters. The predicted molar refractivity (Wildman–Crippen MR) is 74.2 cm³/mol. The molecule has 0 saturated carbocycles. The Morgan fingerprint density at radius 3 is 2.72 bits per heavy atom. The molecule has 2 rings (SSSR count). The molecule has 0 aliphatic heterocycles. The van der Waals surface area contributed by atoms with E-state index in [4.69, 9.17) is 11.6 Å². The van der Waals surface area contributed by atoms with Gasteiger partial charge in [-0.3, -0.25) is 4.79 Å². The molecule has 0 radical (unpaired) electrons. The van der Waals surface area contributed by atoms with Gasteiger partial charge in [-0.1, -0.05) is 29.8 Å². The summed E-state index contributed by atoms with van der Waals surface area (Å²) >= 11 is 7.55. The third kappa shape index (κ3) is 2.89. The van der Waals surface area contributed by atoms with Crippen molar-refractivity contribution in [1.29, 1.82) is 0 Å². The SMILES string of the molecule is Cc1nc(C(=O)NCc2ccccc2Cl)c(C)s1. The molecule has 0 fully saturated rings. The lowest BCUT2D eigenvalue weighted by molar-refractivity contribution is 0.0946. The van der Waals surface area contributed by atoms with Crippen LogP contribution in [-0.4, -0.2) is 10.9 Å². The van der Waals surface area contributed by atoms with Gasteiger partial charge in [0, 0.05) is 16.4 Å². The molecule has 3 nitrogen and oxygen atoms in total. The van der Waals surface area contributed by atoms with Crippen LogP contribution in [0.3, 0.4) is 0 Å². The number of amides is 1. The van der Waals surface area contributed by atoms with E-state index in [1.165, 1.54) is 11.3 Å². The molecular weight excluding hydrogens is 268 g/mol. The van der Waals surface area contributed by atoms with Crippen molar-refractivity contribution in [3.63, 3.8) is 0 Å². The summed E-state index contributed by atoms with van der Waals surface area (Å²) in [5.41, 5.74) is 1.40. The second-order valence-corrected chi connectivity index (χ2v) is 5.73. The Balaban J connectivity index is 2.05. The highest BCUT2D eigenvalue weighted by molar-refractivity contribution is 7.11. The van der Waals surface area contributed by atoms with E-state index < -0.39 is 0 Å². The van der Waals surface area contributed by atoms with E-state index in [1.807, 2.05) is 32.0 Å². The van der Waals surface area contributed by atoms with Crippen LogP contribution >= 0.6 is 22.9 Å². The number of carbonyl (C=O) groups excluding carboxylic acids is 1. The van der Waals surface area contributed by atoms with Crippen LogP contribution in [0.5, 0.6) is 0 Å². The van der Waals surface area contributed by atoms with Gasteiger partial charge >= 0.3 is 0 Å². The molecule has 18 heavy (non-hydrogen) atoms. The molecule has 5 heteroatoms.